The number of hydrogen-bond donors (Lipinski definition) is 4. The Morgan fingerprint density at radius 2 is 1.81 bits per heavy atom. The van der Waals surface area contributed by atoms with Gasteiger partial charge in [-0.25, -0.2) is 9.59 Å². The number of aryl methyl sites for hydroxylation is 2. The lowest BCUT2D eigenvalue weighted by Gasteiger charge is -2.29. The molecule has 0 radical (unpaired) electrons. The predicted octanol–water partition coefficient (Wildman–Crippen LogP) is 2.37. The molecule has 8 nitrogen and oxygen atoms in total. The van der Waals surface area contributed by atoms with E-state index >= 15 is 0 Å². The van der Waals surface area contributed by atoms with Crippen LogP contribution in [-0.4, -0.2) is 46.0 Å². The number of aliphatic hydroxyl groups is 1. The zero-order chi connectivity index (χ0) is 20.8. The predicted molar refractivity (Wildman–Crippen MR) is 98.1 cm³/mol. The van der Waals surface area contributed by atoms with Gasteiger partial charge in [0.05, 0.1) is 0 Å². The molecule has 0 spiro atoms. The molecular weight excluding hydrogens is 354 g/mol. The number of aliphatic hydroxyl groups excluding tert-OH is 1. The molecule has 1 unspecified atom stereocenters. The molecule has 0 aliphatic rings. The standard InChI is InChI=1S/C19H27NO7/c1-11-9-12(2)16(19(3,4)7-8-21)14(10-11)27-18(26)20-13(17(24)25)5-6-15(22)23/h9-10,13,21H,5-8H2,1-4H3,(H,20,26)(H,22,23)(H,24,25). The van der Waals surface area contributed by atoms with Crippen LogP contribution in [0.25, 0.3) is 0 Å². The first-order chi connectivity index (χ1) is 12.5. The molecule has 8 heteroatoms. The number of carboxylic acids is 2. The molecule has 4 N–H and O–H groups in total. The minimum absolute atomic E-state index is 0.0395. The number of aliphatic carboxylic acids is 2. The fourth-order valence-electron chi connectivity index (χ4n) is 3.08. The van der Waals surface area contributed by atoms with Crippen LogP contribution in [0.15, 0.2) is 12.1 Å². The first-order valence-corrected chi connectivity index (χ1v) is 8.63. The van der Waals surface area contributed by atoms with Gasteiger partial charge in [0.15, 0.2) is 0 Å². The first kappa shape index (κ1) is 22.4. The number of ether oxygens (including phenoxy) is 1. The molecule has 1 atom stereocenters. The summed E-state index contributed by atoms with van der Waals surface area (Å²) >= 11 is 0. The van der Waals surface area contributed by atoms with Crippen LogP contribution in [0.1, 0.15) is 49.8 Å². The summed E-state index contributed by atoms with van der Waals surface area (Å²) in [5.41, 5.74) is 2.02. The van der Waals surface area contributed by atoms with Gasteiger partial charge in [0.25, 0.3) is 0 Å². The molecule has 1 aromatic carbocycles. The maximum atomic E-state index is 12.2. The van der Waals surface area contributed by atoms with Crippen LogP contribution in [0.3, 0.4) is 0 Å². The molecule has 0 heterocycles. The second-order valence-electron chi connectivity index (χ2n) is 7.17. The Morgan fingerprint density at radius 1 is 1.19 bits per heavy atom. The van der Waals surface area contributed by atoms with Crippen molar-refractivity contribution in [3.63, 3.8) is 0 Å². The van der Waals surface area contributed by atoms with Gasteiger partial charge in [-0.2, -0.15) is 0 Å². The van der Waals surface area contributed by atoms with E-state index in [0.29, 0.717) is 6.42 Å². The van der Waals surface area contributed by atoms with Gasteiger partial charge < -0.3 is 25.4 Å². The number of hydrogen-bond acceptors (Lipinski definition) is 5. The van der Waals surface area contributed by atoms with Gasteiger partial charge in [-0.1, -0.05) is 19.9 Å². The summed E-state index contributed by atoms with van der Waals surface area (Å²) in [6, 6.07) is 2.24. The van der Waals surface area contributed by atoms with E-state index in [-0.39, 0.29) is 18.8 Å². The molecule has 0 bridgehead atoms. The largest absolute Gasteiger partial charge is 0.481 e. The molecule has 150 valence electrons. The Labute approximate surface area is 158 Å². The van der Waals surface area contributed by atoms with Crippen molar-refractivity contribution in [2.75, 3.05) is 6.61 Å². The fraction of sp³-hybridized carbons (Fsp3) is 0.526. The van der Waals surface area contributed by atoms with Crippen molar-refractivity contribution in [1.82, 2.24) is 5.32 Å². The average molecular weight is 381 g/mol. The van der Waals surface area contributed by atoms with E-state index < -0.39 is 35.9 Å². The number of rotatable bonds is 9. The van der Waals surface area contributed by atoms with Crippen LogP contribution in [-0.2, 0) is 15.0 Å². The van der Waals surface area contributed by atoms with Crippen LogP contribution in [0.4, 0.5) is 4.79 Å². The van der Waals surface area contributed by atoms with Gasteiger partial charge in [-0.3, -0.25) is 4.79 Å². The Kier molecular flexibility index (Phi) is 7.78. The van der Waals surface area contributed by atoms with Crippen molar-refractivity contribution >= 4 is 18.0 Å². The quantitative estimate of drug-likeness (QED) is 0.516. The number of carbonyl (C=O) groups is 3. The number of nitrogens with one attached hydrogen (secondary N) is 1. The van der Waals surface area contributed by atoms with Gasteiger partial charge in [0.1, 0.15) is 11.8 Å². The van der Waals surface area contributed by atoms with Gasteiger partial charge in [-0.05, 0) is 49.3 Å². The number of carbonyl (C=O) groups excluding carboxylic acids is 1. The lowest BCUT2D eigenvalue weighted by molar-refractivity contribution is -0.140. The minimum atomic E-state index is -1.37. The Balaban J connectivity index is 3.07. The highest BCUT2D eigenvalue weighted by Crippen LogP contribution is 2.37. The van der Waals surface area contributed by atoms with Gasteiger partial charge >= 0.3 is 18.0 Å². The minimum Gasteiger partial charge on any atom is -0.481 e. The Morgan fingerprint density at radius 3 is 2.33 bits per heavy atom. The summed E-state index contributed by atoms with van der Waals surface area (Å²) in [6.07, 6.45) is -1.17. The van der Waals surface area contributed by atoms with Crippen LogP contribution in [0.2, 0.25) is 0 Å². The lowest BCUT2D eigenvalue weighted by Crippen LogP contribution is -2.42. The maximum Gasteiger partial charge on any atom is 0.413 e. The monoisotopic (exact) mass is 381 g/mol. The summed E-state index contributed by atoms with van der Waals surface area (Å²) < 4.78 is 5.38. The molecule has 1 amide bonds. The average Bonchev–Trinajstić information content (AvgIpc) is 2.49. The van der Waals surface area contributed by atoms with Crippen molar-refractivity contribution in [2.24, 2.45) is 0 Å². The van der Waals surface area contributed by atoms with E-state index in [1.807, 2.05) is 33.8 Å². The molecular formula is C19H27NO7. The molecule has 0 saturated heterocycles. The summed E-state index contributed by atoms with van der Waals surface area (Å²) in [6.45, 7) is 7.51. The third-order valence-electron chi connectivity index (χ3n) is 4.30. The molecule has 0 saturated carbocycles. The molecule has 1 aromatic rings. The molecule has 0 fully saturated rings. The first-order valence-electron chi connectivity index (χ1n) is 8.63. The van der Waals surface area contributed by atoms with Crippen LogP contribution in [0, 0.1) is 13.8 Å². The van der Waals surface area contributed by atoms with Gasteiger partial charge in [0.2, 0.25) is 0 Å². The van der Waals surface area contributed by atoms with Crippen LogP contribution in [0.5, 0.6) is 5.75 Å². The second-order valence-corrected chi connectivity index (χ2v) is 7.17. The Bertz CT molecular complexity index is 712. The van der Waals surface area contributed by atoms with Crippen molar-refractivity contribution in [3.05, 3.63) is 28.8 Å². The fourth-order valence-corrected chi connectivity index (χ4v) is 3.08. The SMILES string of the molecule is Cc1cc(C)c(C(C)(C)CCO)c(OC(=O)NC(CCC(=O)O)C(=O)O)c1. The third-order valence-corrected chi connectivity index (χ3v) is 4.30. The molecule has 0 aliphatic heterocycles. The molecule has 0 aromatic heterocycles. The third kappa shape index (κ3) is 6.56. The van der Waals surface area contributed by atoms with E-state index in [9.17, 15) is 19.5 Å². The van der Waals surface area contributed by atoms with E-state index in [2.05, 4.69) is 5.32 Å². The summed E-state index contributed by atoms with van der Waals surface area (Å²) in [5, 5.41) is 29.4. The summed E-state index contributed by atoms with van der Waals surface area (Å²) in [4.78, 5) is 34.1. The van der Waals surface area contributed by atoms with Gasteiger partial charge in [-0.15, -0.1) is 0 Å². The molecule has 0 aliphatic carbocycles. The molecule has 1 rings (SSSR count). The van der Waals surface area contributed by atoms with Crippen molar-refractivity contribution < 1.29 is 34.4 Å². The smallest absolute Gasteiger partial charge is 0.413 e. The highest BCUT2D eigenvalue weighted by Gasteiger charge is 2.28. The topological polar surface area (TPSA) is 133 Å². The summed E-state index contributed by atoms with van der Waals surface area (Å²) in [7, 11) is 0. The lowest BCUT2D eigenvalue weighted by atomic mass is 9.78. The van der Waals surface area contributed by atoms with Crippen molar-refractivity contribution in [2.45, 2.75) is 58.4 Å². The highest BCUT2D eigenvalue weighted by atomic mass is 16.6. The normalized spacial score (nSPS) is 12.3. The zero-order valence-corrected chi connectivity index (χ0v) is 16.0. The van der Waals surface area contributed by atoms with E-state index in [1.165, 1.54) is 0 Å². The Hall–Kier alpha value is -2.61. The van der Waals surface area contributed by atoms with E-state index in [4.69, 9.17) is 14.9 Å². The zero-order valence-electron chi connectivity index (χ0n) is 16.0. The second kappa shape index (κ2) is 9.36. The number of amides is 1. The number of carboxylic acid groups (broad SMARTS) is 2. The summed E-state index contributed by atoms with van der Waals surface area (Å²) in [5.74, 6) is -2.21. The van der Waals surface area contributed by atoms with E-state index in [1.54, 1.807) is 6.07 Å². The highest BCUT2D eigenvalue weighted by molar-refractivity contribution is 5.81. The van der Waals surface area contributed by atoms with Crippen LogP contribution >= 0.6 is 0 Å². The van der Waals surface area contributed by atoms with Crippen molar-refractivity contribution in [1.29, 1.82) is 0 Å². The maximum absolute atomic E-state index is 12.2. The van der Waals surface area contributed by atoms with Crippen LogP contribution < -0.4 is 10.1 Å². The molecule has 27 heavy (non-hydrogen) atoms. The number of benzene rings is 1. The van der Waals surface area contributed by atoms with E-state index in [0.717, 1.165) is 16.7 Å². The van der Waals surface area contributed by atoms with Gasteiger partial charge in [0, 0.05) is 18.6 Å². The van der Waals surface area contributed by atoms with Crippen molar-refractivity contribution in [3.8, 4) is 5.75 Å².